The van der Waals surface area contributed by atoms with Crippen LogP contribution < -0.4 is 0 Å². The predicted octanol–water partition coefficient (Wildman–Crippen LogP) is 7.93. The van der Waals surface area contributed by atoms with Gasteiger partial charge in [0.2, 0.25) is 0 Å². The van der Waals surface area contributed by atoms with Crippen molar-refractivity contribution < 1.29 is 44.6 Å². The molecule has 0 unspecified atom stereocenters. The number of carbonyl (C=O) groups is 2. The van der Waals surface area contributed by atoms with Crippen LogP contribution in [0.25, 0.3) is 0 Å². The van der Waals surface area contributed by atoms with Crippen molar-refractivity contribution in [2.24, 2.45) is 9.98 Å². The molecule has 0 fully saturated rings. The van der Waals surface area contributed by atoms with Crippen molar-refractivity contribution in [2.45, 2.75) is 66.2 Å². The molecule has 0 saturated heterocycles. The Hall–Kier alpha value is -5.23. The Morgan fingerprint density at radius 1 is 0.615 bits per heavy atom. The topological polar surface area (TPSA) is 180 Å². The first-order chi connectivity index (χ1) is 24.7. The van der Waals surface area contributed by atoms with E-state index in [4.69, 9.17) is 0 Å². The zero-order valence-electron chi connectivity index (χ0n) is 29.6. The Morgan fingerprint density at radius 3 is 1.44 bits per heavy atom. The maximum atomic E-state index is 13.0. The fourth-order valence-electron chi connectivity index (χ4n) is 5.14. The molecule has 4 aromatic rings. The summed E-state index contributed by atoms with van der Waals surface area (Å²) in [5.41, 5.74) is 4.55. The molecule has 0 spiro atoms. The minimum Gasteiger partial charge on any atom is -0.508 e. The maximum Gasteiger partial charge on any atom is 0.164 e. The Kier molecular flexibility index (Phi) is 15.4. The van der Waals surface area contributed by atoms with E-state index in [1.54, 1.807) is 38.1 Å². The number of carbonyl (C=O) groups excluding carboxylic acids is 2. The number of rotatable bonds is 14. The summed E-state index contributed by atoms with van der Waals surface area (Å²) in [7, 11) is 0. The van der Waals surface area contributed by atoms with E-state index >= 15 is 0 Å². The lowest BCUT2D eigenvalue weighted by Gasteiger charge is -2.10. The SMILES string of the molecule is CCC(=NCC(=O)CCc1ccc(Br)c(O)c1)c1ccc(O)c(C)c1O.CCC(=NCC(=O)CCc1ccc(F)c(O)c1)c1ccc(O)c(C)c1O. The highest BCUT2D eigenvalue weighted by Crippen LogP contribution is 2.32. The summed E-state index contributed by atoms with van der Waals surface area (Å²) in [6.07, 6.45) is 2.53. The van der Waals surface area contributed by atoms with Crippen LogP contribution in [0.3, 0.4) is 0 Å². The molecule has 12 heteroatoms. The Bertz CT molecular complexity index is 1830. The third-order valence-electron chi connectivity index (χ3n) is 8.40. The maximum absolute atomic E-state index is 13.0. The number of phenolic OH excluding ortho intramolecular Hbond substituents is 6. The van der Waals surface area contributed by atoms with Crippen molar-refractivity contribution in [1.82, 2.24) is 0 Å². The van der Waals surface area contributed by atoms with Crippen molar-refractivity contribution in [3.05, 3.63) is 104 Å². The standard InChI is InChI=1S/C20H22BrNO4.C20H22FNO4/c2*1-3-17(15-7-9-18(24)12(2)20(15)26)22-11-14(23)6-4-13-5-8-16(21)19(25)10-13/h2*5,7-10,24-26H,3-4,6,11H2,1-2H3. The van der Waals surface area contributed by atoms with Gasteiger partial charge < -0.3 is 30.6 Å². The van der Waals surface area contributed by atoms with Crippen molar-refractivity contribution in [3.8, 4) is 34.5 Å². The highest BCUT2D eigenvalue weighted by Gasteiger charge is 2.15. The van der Waals surface area contributed by atoms with Gasteiger partial charge in [-0.3, -0.25) is 19.6 Å². The van der Waals surface area contributed by atoms with Gasteiger partial charge in [0.25, 0.3) is 0 Å². The van der Waals surface area contributed by atoms with Gasteiger partial charge in [0.05, 0.1) is 17.6 Å². The number of nitrogens with zero attached hydrogens (tertiary/aromatic N) is 2. The second-order valence-electron chi connectivity index (χ2n) is 12.1. The summed E-state index contributed by atoms with van der Waals surface area (Å²) >= 11 is 3.22. The van der Waals surface area contributed by atoms with Crippen molar-refractivity contribution in [2.75, 3.05) is 13.1 Å². The molecule has 52 heavy (non-hydrogen) atoms. The first-order valence-corrected chi connectivity index (χ1v) is 17.5. The molecule has 0 aliphatic carbocycles. The highest BCUT2D eigenvalue weighted by molar-refractivity contribution is 9.10. The van der Waals surface area contributed by atoms with Gasteiger partial charge in [0, 0.05) is 46.5 Å². The zero-order valence-corrected chi connectivity index (χ0v) is 31.2. The number of halogens is 2. The van der Waals surface area contributed by atoms with Gasteiger partial charge in [-0.15, -0.1) is 0 Å². The first-order valence-electron chi connectivity index (χ1n) is 16.7. The number of aromatic hydroxyl groups is 6. The Morgan fingerprint density at radius 2 is 1.04 bits per heavy atom. The molecule has 0 heterocycles. The van der Waals surface area contributed by atoms with Crippen molar-refractivity contribution in [1.29, 1.82) is 0 Å². The van der Waals surface area contributed by atoms with Crippen LogP contribution in [-0.2, 0) is 22.4 Å². The molecule has 0 aliphatic rings. The molecular weight excluding hydrogens is 735 g/mol. The van der Waals surface area contributed by atoms with Gasteiger partial charge in [-0.2, -0.15) is 0 Å². The summed E-state index contributed by atoms with van der Waals surface area (Å²) in [5.74, 6) is -1.12. The molecule has 0 aromatic heterocycles. The van der Waals surface area contributed by atoms with Gasteiger partial charge in [0.15, 0.2) is 23.1 Å². The van der Waals surface area contributed by atoms with Crippen LogP contribution in [0.2, 0.25) is 0 Å². The minimum atomic E-state index is -0.693. The number of ketones is 2. The van der Waals surface area contributed by atoms with E-state index < -0.39 is 11.6 Å². The number of aryl methyl sites for hydroxylation is 2. The summed E-state index contributed by atoms with van der Waals surface area (Å²) in [5, 5.41) is 58.6. The average Bonchev–Trinajstić information content (AvgIpc) is 3.12. The van der Waals surface area contributed by atoms with Gasteiger partial charge in [-0.05, 0) is 115 Å². The third kappa shape index (κ3) is 11.4. The van der Waals surface area contributed by atoms with E-state index in [-0.39, 0.29) is 59.8 Å². The predicted molar refractivity (Wildman–Crippen MR) is 203 cm³/mol. The number of phenols is 6. The molecule has 0 aliphatic heterocycles. The first kappa shape index (κ1) is 41.2. The van der Waals surface area contributed by atoms with Crippen LogP contribution in [0.5, 0.6) is 34.5 Å². The van der Waals surface area contributed by atoms with Crippen LogP contribution in [0.15, 0.2) is 75.1 Å². The lowest BCUT2D eigenvalue weighted by atomic mass is 10.0. The van der Waals surface area contributed by atoms with Gasteiger partial charge in [0.1, 0.15) is 28.7 Å². The van der Waals surface area contributed by atoms with Crippen LogP contribution in [0.4, 0.5) is 4.39 Å². The van der Waals surface area contributed by atoms with E-state index in [2.05, 4.69) is 25.9 Å². The Labute approximate surface area is 310 Å². The average molecular weight is 780 g/mol. The summed E-state index contributed by atoms with van der Waals surface area (Å²) in [6, 6.07) is 15.4. The summed E-state index contributed by atoms with van der Waals surface area (Å²) in [6.45, 7) is 6.99. The molecule has 0 radical (unpaired) electrons. The summed E-state index contributed by atoms with van der Waals surface area (Å²) in [4.78, 5) is 32.9. The lowest BCUT2D eigenvalue weighted by Crippen LogP contribution is -2.09. The van der Waals surface area contributed by atoms with Crippen LogP contribution in [-0.4, -0.2) is 66.7 Å². The number of benzene rings is 4. The van der Waals surface area contributed by atoms with Gasteiger partial charge >= 0.3 is 0 Å². The normalized spacial score (nSPS) is 11.6. The number of hydrogen-bond donors (Lipinski definition) is 6. The molecule has 0 bridgehead atoms. The molecule has 0 amide bonds. The molecule has 6 N–H and O–H groups in total. The van der Waals surface area contributed by atoms with Crippen LogP contribution in [0, 0.1) is 19.7 Å². The van der Waals surface area contributed by atoms with Crippen molar-refractivity contribution in [3.63, 3.8) is 0 Å². The third-order valence-corrected chi connectivity index (χ3v) is 9.07. The van der Waals surface area contributed by atoms with E-state index in [0.717, 1.165) is 5.56 Å². The lowest BCUT2D eigenvalue weighted by molar-refractivity contribution is -0.118. The monoisotopic (exact) mass is 778 g/mol. The number of Topliss-reactive ketones (excluding diaryl/α,β-unsaturated/α-hetero) is 2. The number of aliphatic imine (C=N–C) groups is 2. The molecule has 4 rings (SSSR count). The smallest absolute Gasteiger partial charge is 0.164 e. The summed E-state index contributed by atoms with van der Waals surface area (Å²) < 4.78 is 13.6. The molecule has 276 valence electrons. The van der Waals surface area contributed by atoms with Crippen LogP contribution >= 0.6 is 15.9 Å². The van der Waals surface area contributed by atoms with E-state index in [9.17, 15) is 44.6 Å². The van der Waals surface area contributed by atoms with Gasteiger partial charge in [-0.25, -0.2) is 4.39 Å². The Balaban J connectivity index is 0.000000280. The minimum absolute atomic E-state index is 0.000305. The second kappa shape index (κ2) is 19.4. The largest absolute Gasteiger partial charge is 0.508 e. The molecule has 0 atom stereocenters. The van der Waals surface area contributed by atoms with Gasteiger partial charge in [-0.1, -0.05) is 26.0 Å². The van der Waals surface area contributed by atoms with E-state index in [1.165, 1.54) is 30.3 Å². The highest BCUT2D eigenvalue weighted by atomic mass is 79.9. The molecular formula is C40H44BrFN2O8. The fourth-order valence-corrected chi connectivity index (χ4v) is 5.39. The van der Waals surface area contributed by atoms with E-state index in [1.807, 2.05) is 19.9 Å². The fraction of sp³-hybridized carbons (Fsp3) is 0.300. The zero-order chi connectivity index (χ0) is 38.5. The van der Waals surface area contributed by atoms with E-state index in [0.29, 0.717) is 75.8 Å². The quantitative estimate of drug-likeness (QED) is 0.0699. The molecule has 4 aromatic carbocycles. The molecule has 0 saturated carbocycles. The molecule has 10 nitrogen and oxygen atoms in total. The van der Waals surface area contributed by atoms with Crippen molar-refractivity contribution >= 4 is 38.9 Å². The second-order valence-corrected chi connectivity index (χ2v) is 12.9. The van der Waals surface area contributed by atoms with Crippen LogP contribution in [0.1, 0.15) is 72.9 Å². The number of hydrogen-bond acceptors (Lipinski definition) is 10.